The predicted molar refractivity (Wildman–Crippen MR) is 70.7 cm³/mol. The molecule has 9 nitrogen and oxygen atoms in total. The molecule has 0 aliphatic heterocycles. The molecule has 0 spiro atoms. The van der Waals surface area contributed by atoms with E-state index in [0.717, 1.165) is 0 Å². The van der Waals surface area contributed by atoms with Crippen molar-refractivity contribution in [1.29, 1.82) is 0 Å². The van der Waals surface area contributed by atoms with Crippen LogP contribution in [0.5, 0.6) is 11.5 Å². The molecule has 0 bridgehead atoms. The Bertz CT molecular complexity index is 639. The summed E-state index contributed by atoms with van der Waals surface area (Å²) in [5.41, 5.74) is 6.28. The first-order valence-corrected chi connectivity index (χ1v) is 5.62. The highest BCUT2D eigenvalue weighted by atomic mass is 16.5. The van der Waals surface area contributed by atoms with Crippen LogP contribution >= 0.6 is 0 Å². The molecule has 1 amide bonds. The number of anilines is 2. The van der Waals surface area contributed by atoms with Gasteiger partial charge in [0.05, 0.1) is 32.5 Å². The maximum atomic E-state index is 12.2. The van der Waals surface area contributed by atoms with Gasteiger partial charge in [0.15, 0.2) is 0 Å². The number of hydrogen-bond acceptors (Lipinski definition) is 7. The van der Waals surface area contributed by atoms with E-state index >= 15 is 0 Å². The van der Waals surface area contributed by atoms with Crippen molar-refractivity contribution >= 4 is 17.5 Å². The van der Waals surface area contributed by atoms with Gasteiger partial charge in [0.1, 0.15) is 11.5 Å². The van der Waals surface area contributed by atoms with E-state index in [1.807, 2.05) is 0 Å². The number of tetrazole rings is 1. The highest BCUT2D eigenvalue weighted by Crippen LogP contribution is 2.31. The minimum absolute atomic E-state index is 0.0821. The molecule has 20 heavy (non-hydrogen) atoms. The first-order chi connectivity index (χ1) is 9.55. The fourth-order valence-electron chi connectivity index (χ4n) is 1.58. The van der Waals surface area contributed by atoms with E-state index in [1.54, 1.807) is 13.1 Å². The SMILES string of the molecule is COc1cc(OC)c(N)c(C(=O)Nc2nnn(C)n2)c1. The van der Waals surface area contributed by atoms with Crippen molar-refractivity contribution < 1.29 is 14.3 Å². The number of nitrogens with one attached hydrogen (secondary N) is 1. The van der Waals surface area contributed by atoms with Crippen LogP contribution in [0.15, 0.2) is 12.1 Å². The lowest BCUT2D eigenvalue weighted by molar-refractivity contribution is 0.102. The zero-order chi connectivity index (χ0) is 14.7. The maximum Gasteiger partial charge on any atom is 0.270 e. The smallest absolute Gasteiger partial charge is 0.270 e. The van der Waals surface area contributed by atoms with Crippen molar-refractivity contribution in [2.24, 2.45) is 7.05 Å². The fraction of sp³-hybridized carbons (Fsp3) is 0.273. The molecule has 0 fully saturated rings. The van der Waals surface area contributed by atoms with E-state index in [1.165, 1.54) is 25.1 Å². The second-order valence-corrected chi connectivity index (χ2v) is 3.85. The van der Waals surface area contributed by atoms with Crippen molar-refractivity contribution in [2.75, 3.05) is 25.3 Å². The van der Waals surface area contributed by atoms with E-state index in [9.17, 15) is 4.79 Å². The lowest BCUT2D eigenvalue weighted by atomic mass is 10.1. The van der Waals surface area contributed by atoms with E-state index < -0.39 is 5.91 Å². The number of carbonyl (C=O) groups excluding carboxylic acids is 1. The molecule has 0 radical (unpaired) electrons. The number of carbonyl (C=O) groups is 1. The van der Waals surface area contributed by atoms with Crippen molar-refractivity contribution in [1.82, 2.24) is 20.2 Å². The predicted octanol–water partition coefficient (Wildman–Crippen LogP) is 0.0618. The average Bonchev–Trinajstić information content (AvgIpc) is 2.84. The number of hydrogen-bond donors (Lipinski definition) is 2. The quantitative estimate of drug-likeness (QED) is 0.759. The summed E-state index contributed by atoms with van der Waals surface area (Å²) in [6.45, 7) is 0. The topological polar surface area (TPSA) is 117 Å². The molecule has 2 rings (SSSR count). The van der Waals surface area contributed by atoms with Gasteiger partial charge in [-0.3, -0.25) is 10.1 Å². The Morgan fingerprint density at radius 1 is 1.35 bits per heavy atom. The van der Waals surface area contributed by atoms with Crippen LogP contribution in [0.25, 0.3) is 0 Å². The van der Waals surface area contributed by atoms with Gasteiger partial charge in [0.25, 0.3) is 11.9 Å². The average molecular weight is 278 g/mol. The van der Waals surface area contributed by atoms with Gasteiger partial charge >= 0.3 is 0 Å². The van der Waals surface area contributed by atoms with E-state index in [2.05, 4.69) is 20.7 Å². The molecule has 106 valence electrons. The molecule has 1 heterocycles. The van der Waals surface area contributed by atoms with Crippen LogP contribution in [0.4, 0.5) is 11.6 Å². The first-order valence-electron chi connectivity index (χ1n) is 5.62. The summed E-state index contributed by atoms with van der Waals surface area (Å²) in [4.78, 5) is 13.4. The van der Waals surface area contributed by atoms with Crippen molar-refractivity contribution in [2.45, 2.75) is 0 Å². The van der Waals surface area contributed by atoms with E-state index in [4.69, 9.17) is 15.2 Å². The molecule has 0 atom stereocenters. The number of benzene rings is 1. The highest BCUT2D eigenvalue weighted by molar-refractivity contribution is 6.08. The van der Waals surface area contributed by atoms with Crippen LogP contribution in [-0.2, 0) is 7.05 Å². The fourth-order valence-corrected chi connectivity index (χ4v) is 1.58. The second kappa shape index (κ2) is 5.43. The number of ether oxygens (including phenoxy) is 2. The maximum absolute atomic E-state index is 12.2. The molecule has 2 aromatic rings. The van der Waals surface area contributed by atoms with Gasteiger partial charge in [-0.2, -0.15) is 4.80 Å². The summed E-state index contributed by atoms with van der Waals surface area (Å²) in [7, 11) is 4.53. The Morgan fingerprint density at radius 3 is 2.65 bits per heavy atom. The number of aryl methyl sites for hydroxylation is 1. The first kappa shape index (κ1) is 13.6. The molecular weight excluding hydrogens is 264 g/mol. The Morgan fingerprint density at radius 2 is 2.10 bits per heavy atom. The van der Waals surface area contributed by atoms with Gasteiger partial charge in [-0.05, 0) is 11.3 Å². The van der Waals surface area contributed by atoms with Crippen LogP contribution in [0.1, 0.15) is 10.4 Å². The number of amides is 1. The third-order valence-electron chi connectivity index (χ3n) is 2.55. The van der Waals surface area contributed by atoms with E-state index in [0.29, 0.717) is 11.5 Å². The van der Waals surface area contributed by atoms with Crippen LogP contribution in [0.3, 0.4) is 0 Å². The summed E-state index contributed by atoms with van der Waals surface area (Å²) in [6, 6.07) is 3.09. The largest absolute Gasteiger partial charge is 0.497 e. The third-order valence-corrected chi connectivity index (χ3v) is 2.55. The van der Waals surface area contributed by atoms with Crippen molar-refractivity contribution in [3.05, 3.63) is 17.7 Å². The number of nitrogens with two attached hydrogens (primary N) is 1. The standard InChI is InChI=1S/C11H14N6O3/c1-17-15-11(14-16-17)13-10(18)7-4-6(19-2)5-8(20-3)9(7)12/h4-5H,12H2,1-3H3,(H,13,15,18). The Hall–Kier alpha value is -2.84. The molecule has 0 aliphatic rings. The molecule has 0 saturated carbocycles. The Labute approximate surface area is 114 Å². The minimum Gasteiger partial charge on any atom is -0.497 e. The van der Waals surface area contributed by atoms with Gasteiger partial charge < -0.3 is 15.2 Å². The molecule has 1 aromatic carbocycles. The zero-order valence-electron chi connectivity index (χ0n) is 11.2. The summed E-state index contributed by atoms with van der Waals surface area (Å²) in [6.07, 6.45) is 0. The van der Waals surface area contributed by atoms with Gasteiger partial charge in [-0.1, -0.05) is 5.10 Å². The summed E-state index contributed by atoms with van der Waals surface area (Å²) in [5, 5.41) is 13.6. The number of aromatic nitrogens is 4. The molecule has 0 aliphatic carbocycles. The molecule has 0 saturated heterocycles. The van der Waals surface area contributed by atoms with Crippen molar-refractivity contribution in [3.8, 4) is 11.5 Å². The monoisotopic (exact) mass is 278 g/mol. The molecule has 1 aromatic heterocycles. The third kappa shape index (κ3) is 2.60. The summed E-state index contributed by atoms with van der Waals surface area (Å²) in [5.74, 6) is 0.404. The Balaban J connectivity index is 2.33. The highest BCUT2D eigenvalue weighted by Gasteiger charge is 2.17. The number of methoxy groups -OCH3 is 2. The van der Waals surface area contributed by atoms with Gasteiger partial charge in [-0.25, -0.2) is 0 Å². The second-order valence-electron chi connectivity index (χ2n) is 3.85. The molecular formula is C11H14N6O3. The number of nitrogen functional groups attached to an aromatic ring is 1. The zero-order valence-corrected chi connectivity index (χ0v) is 11.2. The van der Waals surface area contributed by atoms with E-state index in [-0.39, 0.29) is 17.2 Å². The molecule has 3 N–H and O–H groups in total. The van der Waals surface area contributed by atoms with Gasteiger partial charge in [0.2, 0.25) is 0 Å². The molecule has 0 unspecified atom stereocenters. The van der Waals surface area contributed by atoms with Crippen LogP contribution in [0.2, 0.25) is 0 Å². The summed E-state index contributed by atoms with van der Waals surface area (Å²) < 4.78 is 10.2. The Kier molecular flexibility index (Phi) is 3.69. The lowest BCUT2D eigenvalue weighted by Crippen LogP contribution is -2.16. The normalized spacial score (nSPS) is 10.2. The molecule has 9 heteroatoms. The lowest BCUT2D eigenvalue weighted by Gasteiger charge is -2.11. The van der Waals surface area contributed by atoms with Gasteiger partial charge in [0, 0.05) is 6.07 Å². The number of rotatable bonds is 4. The van der Waals surface area contributed by atoms with Crippen LogP contribution in [-0.4, -0.2) is 40.3 Å². The van der Waals surface area contributed by atoms with Crippen molar-refractivity contribution in [3.63, 3.8) is 0 Å². The number of nitrogens with zero attached hydrogens (tertiary/aromatic N) is 4. The minimum atomic E-state index is -0.479. The van der Waals surface area contributed by atoms with Crippen LogP contribution in [0, 0.1) is 0 Å². The van der Waals surface area contributed by atoms with Crippen LogP contribution < -0.4 is 20.5 Å². The summed E-state index contributed by atoms with van der Waals surface area (Å²) >= 11 is 0. The van der Waals surface area contributed by atoms with Gasteiger partial charge in [-0.15, -0.1) is 5.10 Å².